The van der Waals surface area contributed by atoms with E-state index in [1.54, 1.807) is 28.4 Å². The molecular weight excluding hydrogens is 696 g/mol. The van der Waals surface area contributed by atoms with Gasteiger partial charge in [0.2, 0.25) is 0 Å². The van der Waals surface area contributed by atoms with E-state index < -0.39 is 43.6 Å². The Morgan fingerprint density at radius 2 is 0.736 bits per heavy atom. The van der Waals surface area contributed by atoms with Crippen LogP contribution >= 0.6 is 0 Å². The number of aliphatic hydroxyl groups excluding tert-OH is 6. The van der Waals surface area contributed by atoms with Crippen LogP contribution in [0, 0.1) is 53.3 Å². The quantitative estimate of drug-likeness (QED) is 0.198. The first kappa shape index (κ1) is 50.4. The minimum atomic E-state index is -1.36. The molecule has 0 aliphatic carbocycles. The van der Waals surface area contributed by atoms with Crippen LogP contribution < -0.4 is 0 Å². The Bertz CT molecular complexity index is 861. The zero-order valence-electron chi connectivity index (χ0n) is 34.7. The van der Waals surface area contributed by atoms with Gasteiger partial charge < -0.3 is 73.3 Å². The first-order valence-corrected chi connectivity index (χ1v) is 19.0. The molecule has 0 aromatic rings. The third-order valence-electron chi connectivity index (χ3n) is 12.4. The zero-order chi connectivity index (χ0) is 40.7. The van der Waals surface area contributed by atoms with Crippen molar-refractivity contribution in [2.75, 3.05) is 62.0 Å². The lowest BCUT2D eigenvalue weighted by Gasteiger charge is -2.42. The van der Waals surface area contributed by atoms with Crippen molar-refractivity contribution in [3.63, 3.8) is 0 Å². The highest BCUT2D eigenvalue weighted by atomic mass is 16.7. The van der Waals surface area contributed by atoms with E-state index in [9.17, 15) is 20.4 Å². The summed E-state index contributed by atoms with van der Waals surface area (Å²) in [7, 11) is 8.02. The molecule has 0 saturated carbocycles. The SMILES string of the molecule is COC1OC(CO)C(C)C(C)C1C.COC1OC(CO)C(O)C(O)C1O.COCC1OC(O)C(C)C(C)C1C.COCC1OC(OC)C(C)C(C)C1C. The van der Waals surface area contributed by atoms with Crippen molar-refractivity contribution in [1.82, 2.24) is 0 Å². The van der Waals surface area contributed by atoms with Gasteiger partial charge in [-0.3, -0.25) is 0 Å². The summed E-state index contributed by atoms with van der Waals surface area (Å²) in [6.45, 7) is 20.3. The molecule has 15 heteroatoms. The topological polar surface area (TPSA) is 204 Å². The highest BCUT2D eigenvalue weighted by Gasteiger charge is 2.44. The number of rotatable bonds is 9. The van der Waals surface area contributed by atoms with Crippen LogP contribution in [0.2, 0.25) is 0 Å². The van der Waals surface area contributed by atoms with Gasteiger partial charge >= 0.3 is 0 Å². The van der Waals surface area contributed by atoms with Crippen molar-refractivity contribution in [2.45, 2.75) is 130 Å². The Hall–Kier alpha value is -0.600. The number of aliphatic hydroxyl groups is 6. The molecule has 318 valence electrons. The van der Waals surface area contributed by atoms with Gasteiger partial charge in [-0.05, 0) is 35.5 Å². The Labute approximate surface area is 318 Å². The lowest BCUT2D eigenvalue weighted by molar-refractivity contribution is -0.294. The predicted molar refractivity (Wildman–Crippen MR) is 196 cm³/mol. The van der Waals surface area contributed by atoms with Gasteiger partial charge in [0.25, 0.3) is 0 Å². The third-order valence-corrected chi connectivity index (χ3v) is 12.4. The lowest BCUT2D eigenvalue weighted by atomic mass is 9.79. The van der Waals surface area contributed by atoms with Crippen LogP contribution in [0.4, 0.5) is 0 Å². The van der Waals surface area contributed by atoms with Gasteiger partial charge in [-0.2, -0.15) is 0 Å². The second-order valence-electron chi connectivity index (χ2n) is 15.4. The molecule has 0 amide bonds. The van der Waals surface area contributed by atoms with Gasteiger partial charge in [0.1, 0.15) is 24.4 Å². The monoisotopic (exact) mass is 773 g/mol. The Morgan fingerprint density at radius 3 is 1.13 bits per heavy atom. The molecule has 0 radical (unpaired) electrons. The zero-order valence-corrected chi connectivity index (χ0v) is 34.7. The molecule has 0 aromatic carbocycles. The minimum absolute atomic E-state index is 0.0335. The molecule has 6 N–H and O–H groups in total. The van der Waals surface area contributed by atoms with E-state index in [1.165, 1.54) is 7.11 Å². The van der Waals surface area contributed by atoms with E-state index >= 15 is 0 Å². The molecule has 0 aromatic heterocycles. The number of hydrogen-bond donors (Lipinski definition) is 6. The lowest BCUT2D eigenvalue weighted by Crippen LogP contribution is -2.58. The fraction of sp³-hybridized carbons (Fsp3) is 1.00. The fourth-order valence-electron chi connectivity index (χ4n) is 7.20. The van der Waals surface area contributed by atoms with Crippen LogP contribution in [0.25, 0.3) is 0 Å². The van der Waals surface area contributed by atoms with Crippen LogP contribution in [-0.2, 0) is 42.6 Å². The molecule has 20 atom stereocenters. The van der Waals surface area contributed by atoms with Crippen LogP contribution in [0.1, 0.15) is 62.3 Å². The summed E-state index contributed by atoms with van der Waals surface area (Å²) in [5.74, 6) is 4.02. The highest BCUT2D eigenvalue weighted by molar-refractivity contribution is 4.89. The summed E-state index contributed by atoms with van der Waals surface area (Å²) >= 11 is 0. The Morgan fingerprint density at radius 1 is 0.377 bits per heavy atom. The van der Waals surface area contributed by atoms with E-state index in [2.05, 4.69) is 55.4 Å². The average Bonchev–Trinajstić information content (AvgIpc) is 3.15. The van der Waals surface area contributed by atoms with Gasteiger partial charge in [-0.25, -0.2) is 0 Å². The smallest absolute Gasteiger partial charge is 0.186 e. The van der Waals surface area contributed by atoms with Crippen LogP contribution in [0.5, 0.6) is 0 Å². The highest BCUT2D eigenvalue weighted by Crippen LogP contribution is 2.36. The van der Waals surface area contributed by atoms with Crippen molar-refractivity contribution in [3.8, 4) is 0 Å². The molecule has 15 nitrogen and oxygen atoms in total. The molecule has 4 saturated heterocycles. The largest absolute Gasteiger partial charge is 0.394 e. The molecule has 4 rings (SSSR count). The predicted octanol–water partition coefficient (Wildman–Crippen LogP) is 1.86. The van der Waals surface area contributed by atoms with Crippen molar-refractivity contribution in [1.29, 1.82) is 0 Å². The maximum atomic E-state index is 9.59. The molecule has 4 aliphatic rings. The molecule has 4 fully saturated rings. The van der Waals surface area contributed by atoms with E-state index in [0.29, 0.717) is 60.6 Å². The van der Waals surface area contributed by atoms with E-state index in [4.69, 9.17) is 52.8 Å². The van der Waals surface area contributed by atoms with Gasteiger partial charge in [0.05, 0.1) is 44.7 Å². The van der Waals surface area contributed by atoms with Crippen molar-refractivity contribution in [3.05, 3.63) is 0 Å². The van der Waals surface area contributed by atoms with Gasteiger partial charge in [-0.1, -0.05) is 62.3 Å². The van der Waals surface area contributed by atoms with E-state index in [-0.39, 0.29) is 43.4 Å². The Kier molecular flexibility index (Phi) is 23.7. The number of methoxy groups -OCH3 is 5. The molecule has 4 aliphatic heterocycles. The van der Waals surface area contributed by atoms with E-state index in [1.807, 2.05) is 6.92 Å². The summed E-state index contributed by atoms with van der Waals surface area (Å²) in [5, 5.41) is 55.3. The minimum Gasteiger partial charge on any atom is -0.394 e. The summed E-state index contributed by atoms with van der Waals surface area (Å²) < 4.78 is 47.3. The van der Waals surface area contributed by atoms with Gasteiger partial charge in [-0.15, -0.1) is 0 Å². The Balaban J connectivity index is 0.000000354. The summed E-state index contributed by atoms with van der Waals surface area (Å²) in [6, 6.07) is 0. The molecule has 0 bridgehead atoms. The number of ether oxygens (including phenoxy) is 9. The second-order valence-corrected chi connectivity index (χ2v) is 15.4. The molecule has 20 unspecified atom stereocenters. The molecule has 53 heavy (non-hydrogen) atoms. The first-order chi connectivity index (χ1) is 24.9. The number of hydrogen-bond acceptors (Lipinski definition) is 15. The van der Waals surface area contributed by atoms with Crippen LogP contribution in [0.3, 0.4) is 0 Å². The normalized spacial score (nSPS) is 45.7. The first-order valence-electron chi connectivity index (χ1n) is 19.0. The van der Waals surface area contributed by atoms with Gasteiger partial charge in [0, 0.05) is 53.3 Å². The molecule has 0 spiro atoms. The summed E-state index contributed by atoms with van der Waals surface area (Å²) in [5.41, 5.74) is 0. The maximum Gasteiger partial charge on any atom is 0.186 e. The summed E-state index contributed by atoms with van der Waals surface area (Å²) in [6.07, 6.45) is -6.67. The van der Waals surface area contributed by atoms with Crippen molar-refractivity contribution >= 4 is 0 Å². The third kappa shape index (κ3) is 13.8. The second kappa shape index (κ2) is 24.9. The van der Waals surface area contributed by atoms with Crippen LogP contribution in [-0.4, -0.2) is 161 Å². The average molecular weight is 773 g/mol. The van der Waals surface area contributed by atoms with Gasteiger partial charge in [0.15, 0.2) is 25.2 Å². The van der Waals surface area contributed by atoms with Crippen molar-refractivity contribution < 1.29 is 73.3 Å². The maximum absolute atomic E-state index is 9.59. The molecular formula is C38H76O15. The standard InChI is InChI=1S/C11H22O3.2C10H20O3.C7H14O6/c1-7-8(2)10(6-12-4)14-11(13-5)9(7)3;1-6-7(2)9(5-12-4)13-10(11)8(6)3;1-6-7(2)9(5-11)13-10(12-4)8(6)3;1-12-7-6(11)5(10)4(9)3(2-8)13-7/h7-11H,6H2,1-5H3;2*6-11H,5H2,1-4H3;3-11H,2H2,1H3. The van der Waals surface area contributed by atoms with Crippen molar-refractivity contribution in [2.24, 2.45) is 53.3 Å². The summed E-state index contributed by atoms with van der Waals surface area (Å²) in [4.78, 5) is 0. The van der Waals surface area contributed by atoms with E-state index in [0.717, 1.165) is 0 Å². The molecule has 4 heterocycles. The van der Waals surface area contributed by atoms with Crippen LogP contribution in [0.15, 0.2) is 0 Å². The fourth-order valence-corrected chi connectivity index (χ4v) is 7.20.